The molecule has 0 aliphatic rings. The first-order valence-electron chi connectivity index (χ1n) is 8.69. The van der Waals surface area contributed by atoms with E-state index in [1.54, 1.807) is 20.8 Å². The zero-order valence-corrected chi connectivity index (χ0v) is 19.2. The maximum Gasteiger partial charge on any atom is 0.410 e. The summed E-state index contributed by atoms with van der Waals surface area (Å²) in [5.74, 6) is -1.16. The highest BCUT2D eigenvalue weighted by Crippen LogP contribution is 2.40. The molecule has 0 aromatic rings. The Morgan fingerprint density at radius 2 is 1.57 bits per heavy atom. The van der Waals surface area contributed by atoms with Crippen molar-refractivity contribution in [3.05, 3.63) is 0 Å². The van der Waals surface area contributed by atoms with Crippen LogP contribution in [0.15, 0.2) is 0 Å². The molecule has 0 aromatic carbocycles. The molecular weight excluding hydrogens is 435 g/mol. The lowest BCUT2D eigenvalue weighted by Crippen LogP contribution is -2.44. The molecule has 0 aliphatic carbocycles. The van der Waals surface area contributed by atoms with Crippen LogP contribution in [0.25, 0.3) is 0 Å². The minimum Gasteiger partial charge on any atom is -0.480 e. The van der Waals surface area contributed by atoms with Crippen LogP contribution in [0.5, 0.6) is 0 Å². The Hall–Kier alpha value is -1.12. The van der Waals surface area contributed by atoms with Crippen molar-refractivity contribution in [1.82, 2.24) is 10.2 Å². The van der Waals surface area contributed by atoms with E-state index in [-0.39, 0.29) is 6.42 Å². The van der Waals surface area contributed by atoms with E-state index in [0.717, 1.165) is 0 Å². The molecule has 2 N–H and O–H groups in total. The average molecular weight is 464 g/mol. The van der Waals surface area contributed by atoms with Crippen LogP contribution in [0.1, 0.15) is 53.9 Å². The molecule has 2 amide bonds. The Morgan fingerprint density at radius 3 is 2.00 bits per heavy atom. The Kier molecular flexibility index (Phi) is 10.2. The van der Waals surface area contributed by atoms with Gasteiger partial charge in [0.25, 0.3) is 0 Å². The van der Waals surface area contributed by atoms with Gasteiger partial charge in [-0.15, -0.1) is 0 Å². The normalized spacial score (nSPS) is 13.5. The number of ether oxygens (including phenoxy) is 2. The maximum atomic E-state index is 12.1. The van der Waals surface area contributed by atoms with Gasteiger partial charge in [-0.05, 0) is 53.9 Å². The quantitative estimate of drug-likeness (QED) is 0.409. The molecule has 0 aromatic heterocycles. The SMILES string of the molecule is CN(CCCC[C@H](NC(=O)OC(C)(C)C)C(=O)O)C(=O)OC(C)(C)C(Cl)(Cl)Cl. The number of aliphatic carboxylic acids is 1. The van der Waals surface area contributed by atoms with Crippen LogP contribution in [0.2, 0.25) is 0 Å². The van der Waals surface area contributed by atoms with Gasteiger partial charge in [0, 0.05) is 13.6 Å². The Morgan fingerprint density at radius 1 is 1.04 bits per heavy atom. The number of carboxylic acid groups (broad SMARTS) is 1. The highest BCUT2D eigenvalue weighted by molar-refractivity contribution is 6.68. The molecule has 0 rings (SSSR count). The zero-order chi connectivity index (χ0) is 22.3. The van der Waals surface area contributed by atoms with Gasteiger partial charge >= 0.3 is 18.2 Å². The highest BCUT2D eigenvalue weighted by Gasteiger charge is 2.44. The van der Waals surface area contributed by atoms with Crippen molar-refractivity contribution >= 4 is 53.0 Å². The number of alkyl carbamates (subject to hydrolysis) is 1. The third-order valence-electron chi connectivity index (χ3n) is 3.56. The van der Waals surface area contributed by atoms with E-state index in [2.05, 4.69) is 5.32 Å². The summed E-state index contributed by atoms with van der Waals surface area (Å²) in [5.41, 5.74) is -2.05. The zero-order valence-electron chi connectivity index (χ0n) is 17.0. The summed E-state index contributed by atoms with van der Waals surface area (Å²) in [6.07, 6.45) is -0.359. The molecule has 0 radical (unpaired) electrons. The van der Waals surface area contributed by atoms with Crippen molar-refractivity contribution in [3.8, 4) is 0 Å². The van der Waals surface area contributed by atoms with E-state index in [1.165, 1.54) is 25.8 Å². The van der Waals surface area contributed by atoms with E-state index in [0.29, 0.717) is 19.4 Å². The number of carbonyl (C=O) groups excluding carboxylic acids is 2. The number of amides is 2. The first-order chi connectivity index (χ1) is 12.5. The molecule has 8 nitrogen and oxygen atoms in total. The minimum atomic E-state index is -1.79. The molecule has 0 unspecified atom stereocenters. The van der Waals surface area contributed by atoms with Crippen molar-refractivity contribution in [1.29, 1.82) is 0 Å². The Bertz CT molecular complexity index is 558. The van der Waals surface area contributed by atoms with E-state index >= 15 is 0 Å². The molecule has 164 valence electrons. The fourth-order valence-electron chi connectivity index (χ4n) is 1.85. The van der Waals surface area contributed by atoms with Crippen molar-refractivity contribution < 1.29 is 29.0 Å². The van der Waals surface area contributed by atoms with Crippen LogP contribution < -0.4 is 5.32 Å². The molecule has 0 bridgehead atoms. The summed E-state index contributed by atoms with van der Waals surface area (Å²) >= 11 is 17.3. The van der Waals surface area contributed by atoms with E-state index in [1.807, 2.05) is 0 Å². The predicted molar refractivity (Wildman–Crippen MR) is 108 cm³/mol. The van der Waals surface area contributed by atoms with Gasteiger partial charge in [-0.25, -0.2) is 14.4 Å². The number of alkyl halides is 3. The lowest BCUT2D eigenvalue weighted by atomic mass is 10.1. The standard InChI is InChI=1S/C17H29Cl3N2O6/c1-15(2,3)27-13(25)21-11(12(23)24)9-7-8-10-22(6)14(26)28-16(4,5)17(18,19)20/h11H,7-10H2,1-6H3,(H,21,25)(H,23,24)/t11-/m0/s1. The van der Waals surface area contributed by atoms with Crippen LogP contribution in [0.4, 0.5) is 9.59 Å². The number of carbonyl (C=O) groups is 3. The van der Waals surface area contributed by atoms with Crippen LogP contribution >= 0.6 is 34.8 Å². The molecule has 0 aliphatic heterocycles. The Labute approximate surface area is 180 Å². The van der Waals surface area contributed by atoms with Gasteiger partial charge in [-0.1, -0.05) is 34.8 Å². The van der Waals surface area contributed by atoms with Crippen LogP contribution in [-0.2, 0) is 14.3 Å². The number of hydrogen-bond acceptors (Lipinski definition) is 5. The van der Waals surface area contributed by atoms with Gasteiger partial charge in [-0.2, -0.15) is 0 Å². The van der Waals surface area contributed by atoms with Gasteiger partial charge in [0.2, 0.25) is 3.79 Å². The third kappa shape index (κ3) is 10.4. The van der Waals surface area contributed by atoms with Crippen molar-refractivity contribution in [2.45, 2.75) is 74.9 Å². The number of unbranched alkanes of at least 4 members (excludes halogenated alkanes) is 1. The van der Waals surface area contributed by atoms with Crippen molar-refractivity contribution in [2.75, 3.05) is 13.6 Å². The van der Waals surface area contributed by atoms with E-state index in [4.69, 9.17) is 44.3 Å². The lowest BCUT2D eigenvalue weighted by Gasteiger charge is -2.33. The fraction of sp³-hybridized carbons (Fsp3) is 0.824. The number of halogens is 3. The molecular formula is C17H29Cl3N2O6. The average Bonchev–Trinajstić information content (AvgIpc) is 2.46. The number of rotatable bonds is 8. The molecule has 28 heavy (non-hydrogen) atoms. The molecule has 11 heteroatoms. The molecule has 0 fully saturated rings. The Balaban J connectivity index is 4.44. The second-order valence-corrected chi connectivity index (χ2v) is 10.1. The van der Waals surface area contributed by atoms with Crippen LogP contribution in [0.3, 0.4) is 0 Å². The van der Waals surface area contributed by atoms with Crippen LogP contribution in [0, 0.1) is 0 Å². The predicted octanol–water partition coefficient (Wildman–Crippen LogP) is 4.35. The monoisotopic (exact) mass is 462 g/mol. The first kappa shape index (κ1) is 26.9. The second kappa shape index (κ2) is 10.6. The van der Waals surface area contributed by atoms with Gasteiger partial charge in [0.1, 0.15) is 11.6 Å². The molecule has 0 saturated heterocycles. The number of nitrogens with one attached hydrogen (secondary N) is 1. The van der Waals surface area contributed by atoms with Gasteiger partial charge in [0.05, 0.1) is 0 Å². The van der Waals surface area contributed by atoms with E-state index < -0.39 is 39.2 Å². The summed E-state index contributed by atoms with van der Waals surface area (Å²) in [7, 11) is 1.52. The minimum absolute atomic E-state index is 0.178. The van der Waals surface area contributed by atoms with Gasteiger partial charge < -0.3 is 24.8 Å². The smallest absolute Gasteiger partial charge is 0.410 e. The summed E-state index contributed by atoms with van der Waals surface area (Å²) < 4.78 is 8.47. The van der Waals surface area contributed by atoms with E-state index in [9.17, 15) is 19.5 Å². The fourth-order valence-corrected chi connectivity index (χ4v) is 1.97. The third-order valence-corrected chi connectivity index (χ3v) is 4.93. The molecule has 0 heterocycles. The summed E-state index contributed by atoms with van der Waals surface area (Å²) in [4.78, 5) is 36.4. The maximum absolute atomic E-state index is 12.1. The summed E-state index contributed by atoms with van der Waals surface area (Å²) in [6, 6.07) is -1.09. The lowest BCUT2D eigenvalue weighted by molar-refractivity contribution is -0.139. The largest absolute Gasteiger partial charge is 0.480 e. The molecule has 1 atom stereocenters. The van der Waals surface area contributed by atoms with Crippen molar-refractivity contribution in [3.63, 3.8) is 0 Å². The second-order valence-electron chi connectivity index (χ2n) is 7.83. The van der Waals surface area contributed by atoms with Gasteiger partial charge in [-0.3, -0.25) is 0 Å². The summed E-state index contributed by atoms with van der Waals surface area (Å²) in [5, 5.41) is 11.6. The topological polar surface area (TPSA) is 105 Å². The number of nitrogens with zero attached hydrogens (tertiary/aromatic N) is 1. The summed E-state index contributed by atoms with van der Waals surface area (Å²) in [6.45, 7) is 8.30. The van der Waals surface area contributed by atoms with Crippen LogP contribution in [-0.4, -0.2) is 62.8 Å². The number of hydrogen-bond donors (Lipinski definition) is 2. The van der Waals surface area contributed by atoms with Gasteiger partial charge in [0.15, 0.2) is 5.60 Å². The van der Waals surface area contributed by atoms with Crippen molar-refractivity contribution in [2.24, 2.45) is 0 Å². The number of carboxylic acids is 1. The first-order valence-corrected chi connectivity index (χ1v) is 9.83. The molecule has 0 spiro atoms. The molecule has 0 saturated carbocycles. The highest BCUT2D eigenvalue weighted by atomic mass is 35.6.